The number of ether oxygens (including phenoxy) is 1. The van der Waals surface area contributed by atoms with Gasteiger partial charge in [-0.2, -0.15) is 0 Å². The maximum absolute atomic E-state index is 12.0. The van der Waals surface area contributed by atoms with Crippen molar-refractivity contribution in [1.82, 2.24) is 15.3 Å². The molecule has 0 aliphatic carbocycles. The van der Waals surface area contributed by atoms with Gasteiger partial charge in [-0.25, -0.2) is 9.97 Å². The number of methoxy groups -OCH3 is 1. The zero-order valence-corrected chi connectivity index (χ0v) is 14.0. The minimum absolute atomic E-state index is 0.250. The summed E-state index contributed by atoms with van der Waals surface area (Å²) in [5.74, 6) is 0.134. The van der Waals surface area contributed by atoms with Crippen LogP contribution in [0.3, 0.4) is 0 Å². The molecule has 0 saturated carbocycles. The summed E-state index contributed by atoms with van der Waals surface area (Å²) in [4.78, 5) is 20.6. The Morgan fingerprint density at radius 3 is 2.86 bits per heavy atom. The van der Waals surface area contributed by atoms with Gasteiger partial charge in [0.25, 0.3) is 5.91 Å². The third kappa shape index (κ3) is 4.78. The van der Waals surface area contributed by atoms with Crippen LogP contribution in [0.25, 0.3) is 0 Å². The van der Waals surface area contributed by atoms with Crippen molar-refractivity contribution in [2.24, 2.45) is 0 Å². The summed E-state index contributed by atoms with van der Waals surface area (Å²) in [5.41, 5.74) is 1.87. The molecule has 116 valence electrons. The Morgan fingerprint density at radius 2 is 2.14 bits per heavy atom. The minimum atomic E-state index is -0.250. The Labute approximate surface area is 137 Å². The molecule has 0 saturated heterocycles. The molecule has 0 atom stereocenters. The minimum Gasteiger partial charge on any atom is -0.383 e. The van der Waals surface area contributed by atoms with E-state index in [-0.39, 0.29) is 5.91 Å². The molecule has 0 unspecified atom stereocenters. The summed E-state index contributed by atoms with van der Waals surface area (Å²) in [7, 11) is 1.58. The predicted molar refractivity (Wildman–Crippen MR) is 88.4 cm³/mol. The van der Waals surface area contributed by atoms with Crippen LogP contribution in [0.2, 0.25) is 0 Å². The number of rotatable bonds is 6. The number of anilines is 2. The van der Waals surface area contributed by atoms with E-state index in [4.69, 9.17) is 4.74 Å². The molecule has 2 aromatic rings. The first-order valence-corrected chi connectivity index (χ1v) is 7.53. The third-order valence-electron chi connectivity index (χ3n) is 2.76. The number of benzene rings is 1. The lowest BCUT2D eigenvalue weighted by atomic mass is 10.3. The largest absolute Gasteiger partial charge is 0.383 e. The van der Waals surface area contributed by atoms with Gasteiger partial charge in [-0.3, -0.25) is 4.79 Å². The van der Waals surface area contributed by atoms with Crippen molar-refractivity contribution in [2.45, 2.75) is 6.92 Å². The van der Waals surface area contributed by atoms with Gasteiger partial charge < -0.3 is 15.4 Å². The number of amides is 1. The van der Waals surface area contributed by atoms with E-state index in [0.29, 0.717) is 30.5 Å². The number of halogens is 1. The fraction of sp³-hybridized carbons (Fsp3) is 0.267. The van der Waals surface area contributed by atoms with Crippen LogP contribution in [0.1, 0.15) is 16.2 Å². The third-order valence-corrected chi connectivity index (χ3v) is 3.25. The molecule has 1 heterocycles. The van der Waals surface area contributed by atoms with E-state index in [2.05, 4.69) is 36.5 Å². The van der Waals surface area contributed by atoms with Crippen LogP contribution in [0.5, 0.6) is 0 Å². The highest BCUT2D eigenvalue weighted by molar-refractivity contribution is 9.10. The second-order valence-corrected chi connectivity index (χ2v) is 5.52. The lowest BCUT2D eigenvalue weighted by molar-refractivity contribution is 0.0932. The summed E-state index contributed by atoms with van der Waals surface area (Å²) in [6, 6.07) is 9.28. The average molecular weight is 365 g/mol. The zero-order chi connectivity index (χ0) is 15.9. The average Bonchev–Trinajstić information content (AvgIpc) is 2.46. The molecule has 0 bridgehead atoms. The molecule has 6 nitrogen and oxygen atoms in total. The highest BCUT2D eigenvalue weighted by atomic mass is 79.9. The van der Waals surface area contributed by atoms with Gasteiger partial charge in [-0.05, 0) is 31.2 Å². The summed E-state index contributed by atoms with van der Waals surface area (Å²) in [6.45, 7) is 2.71. The smallest absolute Gasteiger partial charge is 0.270 e. The van der Waals surface area contributed by atoms with E-state index in [0.717, 1.165) is 10.2 Å². The fourth-order valence-electron chi connectivity index (χ4n) is 1.79. The summed E-state index contributed by atoms with van der Waals surface area (Å²) in [5, 5.41) is 5.83. The molecule has 0 aliphatic heterocycles. The predicted octanol–water partition coefficient (Wildman–Crippen LogP) is 2.67. The molecule has 2 N–H and O–H groups in total. The first-order valence-electron chi connectivity index (χ1n) is 6.74. The van der Waals surface area contributed by atoms with E-state index < -0.39 is 0 Å². The second-order valence-electron chi connectivity index (χ2n) is 4.60. The molecule has 7 heteroatoms. The van der Waals surface area contributed by atoms with Crippen molar-refractivity contribution in [3.05, 3.63) is 46.2 Å². The molecule has 1 aromatic heterocycles. The van der Waals surface area contributed by atoms with E-state index in [1.165, 1.54) is 0 Å². The Morgan fingerprint density at radius 1 is 1.32 bits per heavy atom. The highest BCUT2D eigenvalue weighted by Gasteiger charge is 2.10. The van der Waals surface area contributed by atoms with E-state index >= 15 is 0 Å². The van der Waals surface area contributed by atoms with E-state index in [9.17, 15) is 4.79 Å². The summed E-state index contributed by atoms with van der Waals surface area (Å²) < 4.78 is 5.85. The number of carbonyl (C=O) groups excluding carboxylic acids is 1. The first-order chi connectivity index (χ1) is 10.6. The maximum atomic E-state index is 12.0. The van der Waals surface area contributed by atoms with Crippen molar-refractivity contribution in [3.8, 4) is 0 Å². The molecule has 1 aromatic carbocycles. The standard InChI is InChI=1S/C15H17BrN4O2/c1-10-8-13(14(21)17-6-7-22-2)20-15(18-10)19-12-5-3-4-11(16)9-12/h3-5,8-9H,6-7H2,1-2H3,(H,17,21)(H,18,19,20). The number of hydrogen-bond donors (Lipinski definition) is 2. The second kappa shape index (κ2) is 7.86. The van der Waals surface area contributed by atoms with Crippen molar-refractivity contribution in [3.63, 3.8) is 0 Å². The number of aryl methyl sites for hydroxylation is 1. The van der Waals surface area contributed by atoms with Crippen molar-refractivity contribution in [2.75, 3.05) is 25.6 Å². The Hall–Kier alpha value is -1.99. The lowest BCUT2D eigenvalue weighted by Gasteiger charge is -2.09. The molecular weight excluding hydrogens is 348 g/mol. The van der Waals surface area contributed by atoms with E-state index in [1.807, 2.05) is 31.2 Å². The van der Waals surface area contributed by atoms with Gasteiger partial charge in [0.2, 0.25) is 5.95 Å². The molecule has 0 fully saturated rings. The van der Waals surface area contributed by atoms with Crippen LogP contribution >= 0.6 is 15.9 Å². The number of nitrogens with one attached hydrogen (secondary N) is 2. The van der Waals surface area contributed by atoms with Crippen molar-refractivity contribution in [1.29, 1.82) is 0 Å². The van der Waals surface area contributed by atoms with E-state index in [1.54, 1.807) is 13.2 Å². The Bertz CT molecular complexity index is 664. The van der Waals surface area contributed by atoms with Gasteiger partial charge in [-0.15, -0.1) is 0 Å². The van der Waals surface area contributed by atoms with Gasteiger partial charge >= 0.3 is 0 Å². The van der Waals surface area contributed by atoms with Crippen LogP contribution in [0.4, 0.5) is 11.6 Å². The molecule has 0 radical (unpaired) electrons. The Balaban J connectivity index is 2.14. The van der Waals surface area contributed by atoms with Crippen LogP contribution in [0.15, 0.2) is 34.8 Å². The van der Waals surface area contributed by atoms with Crippen LogP contribution in [0, 0.1) is 6.92 Å². The SMILES string of the molecule is COCCNC(=O)c1cc(C)nc(Nc2cccc(Br)c2)n1. The number of aromatic nitrogens is 2. The number of carbonyl (C=O) groups is 1. The molecular formula is C15H17BrN4O2. The monoisotopic (exact) mass is 364 g/mol. The lowest BCUT2D eigenvalue weighted by Crippen LogP contribution is -2.28. The maximum Gasteiger partial charge on any atom is 0.270 e. The number of nitrogens with zero attached hydrogens (tertiary/aromatic N) is 2. The van der Waals surface area contributed by atoms with Crippen LogP contribution in [-0.2, 0) is 4.74 Å². The Kier molecular flexibility index (Phi) is 5.85. The zero-order valence-electron chi connectivity index (χ0n) is 12.4. The molecule has 22 heavy (non-hydrogen) atoms. The van der Waals surface area contributed by atoms with Gasteiger partial charge in [-0.1, -0.05) is 22.0 Å². The summed E-state index contributed by atoms with van der Waals surface area (Å²) in [6.07, 6.45) is 0. The van der Waals surface area contributed by atoms with Gasteiger partial charge in [0, 0.05) is 29.5 Å². The first kappa shape index (κ1) is 16.4. The van der Waals surface area contributed by atoms with Gasteiger partial charge in [0.05, 0.1) is 6.61 Å². The van der Waals surface area contributed by atoms with Crippen LogP contribution < -0.4 is 10.6 Å². The van der Waals surface area contributed by atoms with Crippen molar-refractivity contribution < 1.29 is 9.53 Å². The molecule has 2 rings (SSSR count). The van der Waals surface area contributed by atoms with Gasteiger partial charge in [0.1, 0.15) is 5.69 Å². The van der Waals surface area contributed by atoms with Crippen LogP contribution in [-0.4, -0.2) is 36.1 Å². The molecule has 0 spiro atoms. The quantitative estimate of drug-likeness (QED) is 0.770. The fourth-order valence-corrected chi connectivity index (χ4v) is 2.19. The normalized spacial score (nSPS) is 10.3. The van der Waals surface area contributed by atoms with Gasteiger partial charge in [0.15, 0.2) is 0 Å². The highest BCUT2D eigenvalue weighted by Crippen LogP contribution is 2.18. The number of hydrogen-bond acceptors (Lipinski definition) is 5. The molecule has 0 aliphatic rings. The van der Waals surface area contributed by atoms with Crippen molar-refractivity contribution >= 4 is 33.5 Å². The molecule has 1 amide bonds. The topological polar surface area (TPSA) is 76.1 Å². The summed E-state index contributed by atoms with van der Waals surface area (Å²) >= 11 is 3.41.